The van der Waals surface area contributed by atoms with Gasteiger partial charge in [0.2, 0.25) is 5.95 Å². The highest BCUT2D eigenvalue weighted by Crippen LogP contribution is 2.20. The first-order valence-electron chi connectivity index (χ1n) is 6.13. The number of nitrogens with zero attached hydrogens (tertiary/aromatic N) is 3. The number of fused-ring (bicyclic) bond motifs is 1. The number of non-ortho nitro benzene ring substituents is 1. The summed E-state index contributed by atoms with van der Waals surface area (Å²) in [6, 6.07) is 7.46. The van der Waals surface area contributed by atoms with Crippen molar-refractivity contribution in [3.63, 3.8) is 0 Å². The molecular weight excluding hydrogens is 274 g/mol. The van der Waals surface area contributed by atoms with Crippen LogP contribution >= 0.6 is 0 Å². The minimum atomic E-state index is -0.461. The van der Waals surface area contributed by atoms with Crippen LogP contribution in [0.2, 0.25) is 0 Å². The van der Waals surface area contributed by atoms with Gasteiger partial charge < -0.3 is 0 Å². The van der Waals surface area contributed by atoms with Crippen molar-refractivity contribution in [3.8, 4) is 0 Å². The van der Waals surface area contributed by atoms with Crippen molar-refractivity contribution in [2.24, 2.45) is 0 Å². The summed E-state index contributed by atoms with van der Waals surface area (Å²) in [6.07, 6.45) is 1.60. The summed E-state index contributed by atoms with van der Waals surface area (Å²) in [5, 5.41) is 10.6. The fourth-order valence-corrected chi connectivity index (χ4v) is 2.01. The van der Waals surface area contributed by atoms with Gasteiger partial charge in [0.05, 0.1) is 10.6 Å². The van der Waals surface area contributed by atoms with Crippen molar-refractivity contribution in [1.29, 1.82) is 0 Å². The second kappa shape index (κ2) is 4.75. The smallest absolute Gasteiger partial charge is 0.269 e. The van der Waals surface area contributed by atoms with Gasteiger partial charge in [0.15, 0.2) is 0 Å². The second-order valence-corrected chi connectivity index (χ2v) is 4.53. The van der Waals surface area contributed by atoms with E-state index in [1.54, 1.807) is 25.3 Å². The van der Waals surface area contributed by atoms with Crippen LogP contribution in [-0.4, -0.2) is 14.5 Å². The van der Waals surface area contributed by atoms with E-state index in [0.29, 0.717) is 22.9 Å². The van der Waals surface area contributed by atoms with Crippen molar-refractivity contribution in [2.45, 2.75) is 6.92 Å². The summed E-state index contributed by atoms with van der Waals surface area (Å²) >= 11 is 0. The third-order valence-electron chi connectivity index (χ3n) is 3.04. The molecular formula is C13H11N5O3. The van der Waals surface area contributed by atoms with Crippen molar-refractivity contribution >= 4 is 23.5 Å². The molecule has 2 N–H and O–H groups in total. The number of hydrogen-bond donors (Lipinski definition) is 2. The summed E-state index contributed by atoms with van der Waals surface area (Å²) in [6.45, 7) is 1.74. The largest absolute Gasteiger partial charge is 0.296 e. The quantitative estimate of drug-likeness (QED) is 0.637. The number of hydrazine groups is 1. The normalized spacial score (nSPS) is 12.7. The second-order valence-electron chi connectivity index (χ2n) is 4.53. The zero-order valence-corrected chi connectivity index (χ0v) is 11.0. The highest BCUT2D eigenvalue weighted by Gasteiger charge is 2.14. The zero-order valence-electron chi connectivity index (χ0n) is 11.0. The maximum Gasteiger partial charge on any atom is 0.269 e. The van der Waals surface area contributed by atoms with Gasteiger partial charge in [-0.25, -0.2) is 4.98 Å². The molecule has 8 nitrogen and oxygen atoms in total. The van der Waals surface area contributed by atoms with Crippen LogP contribution in [-0.2, 0) is 0 Å². The molecule has 0 bridgehead atoms. The third kappa shape index (κ3) is 2.34. The lowest BCUT2D eigenvalue weighted by molar-refractivity contribution is -0.384. The van der Waals surface area contributed by atoms with Gasteiger partial charge in [0, 0.05) is 35.7 Å². The van der Waals surface area contributed by atoms with Crippen LogP contribution in [0.5, 0.6) is 0 Å². The first-order valence-corrected chi connectivity index (χ1v) is 6.13. The lowest BCUT2D eigenvalue weighted by Crippen LogP contribution is -2.32. The molecule has 2 aromatic rings. The molecule has 1 aromatic heterocycles. The van der Waals surface area contributed by atoms with E-state index in [0.717, 1.165) is 0 Å². The van der Waals surface area contributed by atoms with Crippen molar-refractivity contribution in [3.05, 3.63) is 62.1 Å². The molecule has 0 amide bonds. The Labute approximate surface area is 118 Å². The van der Waals surface area contributed by atoms with E-state index in [2.05, 4.69) is 15.8 Å². The van der Waals surface area contributed by atoms with Crippen LogP contribution in [0, 0.1) is 17.0 Å². The fraction of sp³-hybridized carbons (Fsp3) is 0.0769. The molecule has 1 aliphatic heterocycles. The number of hydrogen-bond acceptors (Lipinski definition) is 6. The summed E-state index contributed by atoms with van der Waals surface area (Å²) in [4.78, 5) is 26.3. The molecule has 0 saturated heterocycles. The summed E-state index contributed by atoms with van der Waals surface area (Å²) in [5.74, 6) is 0.394. The molecule has 106 valence electrons. The third-order valence-corrected chi connectivity index (χ3v) is 3.04. The lowest BCUT2D eigenvalue weighted by Gasteiger charge is -2.21. The molecule has 1 aliphatic rings. The molecule has 0 fully saturated rings. The zero-order chi connectivity index (χ0) is 15.0. The minimum absolute atomic E-state index is 0.0120. The standard InChI is InChI=1S/C13H11N5O3/c1-8-6-12(19)17-7-11(15-16-13(17)14-8)9-2-4-10(5-3-9)18(20)21/h2-7,15H,1H3,(H,14,16). The van der Waals surface area contributed by atoms with Crippen molar-refractivity contribution in [2.75, 3.05) is 5.43 Å². The van der Waals surface area contributed by atoms with Gasteiger partial charge in [0.1, 0.15) is 0 Å². The number of benzene rings is 1. The first kappa shape index (κ1) is 12.9. The molecule has 3 rings (SSSR count). The average Bonchev–Trinajstić information content (AvgIpc) is 2.47. The first-order chi connectivity index (χ1) is 10.0. The predicted octanol–water partition coefficient (Wildman–Crippen LogP) is 1.35. The Balaban J connectivity index is 2.02. The Morgan fingerprint density at radius 2 is 1.95 bits per heavy atom. The van der Waals surface area contributed by atoms with E-state index < -0.39 is 4.92 Å². The molecule has 0 unspecified atom stereocenters. The highest BCUT2D eigenvalue weighted by atomic mass is 16.6. The van der Waals surface area contributed by atoms with Crippen LogP contribution in [0.1, 0.15) is 11.3 Å². The number of rotatable bonds is 2. The van der Waals surface area contributed by atoms with E-state index in [9.17, 15) is 14.9 Å². The van der Waals surface area contributed by atoms with Crippen LogP contribution < -0.4 is 16.4 Å². The molecule has 0 radical (unpaired) electrons. The van der Waals surface area contributed by atoms with Gasteiger partial charge in [0.25, 0.3) is 11.2 Å². The number of nitro groups is 1. The molecule has 21 heavy (non-hydrogen) atoms. The maximum absolute atomic E-state index is 11.9. The molecule has 0 spiro atoms. The van der Waals surface area contributed by atoms with Crippen molar-refractivity contribution in [1.82, 2.24) is 15.0 Å². The van der Waals surface area contributed by atoms with E-state index in [1.807, 2.05) is 0 Å². The van der Waals surface area contributed by atoms with Crippen LogP contribution in [0.15, 0.2) is 35.1 Å². The van der Waals surface area contributed by atoms with Crippen LogP contribution in [0.3, 0.4) is 0 Å². The van der Waals surface area contributed by atoms with Gasteiger partial charge in [-0.1, -0.05) is 0 Å². The van der Waals surface area contributed by atoms with E-state index in [1.165, 1.54) is 22.8 Å². The van der Waals surface area contributed by atoms with E-state index >= 15 is 0 Å². The highest BCUT2D eigenvalue weighted by molar-refractivity contribution is 5.77. The summed E-state index contributed by atoms with van der Waals surface area (Å²) in [7, 11) is 0. The van der Waals surface area contributed by atoms with E-state index in [4.69, 9.17) is 0 Å². The number of aryl methyl sites for hydroxylation is 1. The molecule has 1 aromatic carbocycles. The van der Waals surface area contributed by atoms with Crippen LogP contribution in [0.25, 0.3) is 11.9 Å². The SMILES string of the molecule is Cc1cc(=O)n2c(n1)NNC(c1ccc([N+](=O)[O-])cc1)=C2. The number of nitro benzene ring substituents is 1. The Hall–Kier alpha value is -3.16. The molecule has 2 heterocycles. The van der Waals surface area contributed by atoms with Crippen LogP contribution in [0.4, 0.5) is 11.6 Å². The predicted molar refractivity (Wildman–Crippen MR) is 77.3 cm³/mol. The lowest BCUT2D eigenvalue weighted by atomic mass is 10.1. The Morgan fingerprint density at radius 3 is 2.62 bits per heavy atom. The van der Waals surface area contributed by atoms with Gasteiger partial charge in [-0.3, -0.25) is 30.3 Å². The van der Waals surface area contributed by atoms with E-state index in [-0.39, 0.29) is 11.2 Å². The monoisotopic (exact) mass is 285 g/mol. The van der Waals surface area contributed by atoms with Crippen molar-refractivity contribution < 1.29 is 4.92 Å². The Kier molecular flexibility index (Phi) is 2.90. The molecule has 0 saturated carbocycles. The summed E-state index contributed by atoms with van der Waals surface area (Å²) in [5.41, 5.74) is 7.50. The number of aromatic nitrogens is 2. The number of nitrogens with one attached hydrogen (secondary N) is 2. The fourth-order valence-electron chi connectivity index (χ4n) is 2.01. The topological polar surface area (TPSA) is 102 Å². The minimum Gasteiger partial charge on any atom is -0.296 e. The van der Waals surface area contributed by atoms with Gasteiger partial charge >= 0.3 is 0 Å². The summed E-state index contributed by atoms with van der Waals surface area (Å²) < 4.78 is 1.38. The molecule has 8 heteroatoms. The Bertz CT molecular complexity index is 808. The van der Waals surface area contributed by atoms with Gasteiger partial charge in [-0.05, 0) is 19.1 Å². The Morgan fingerprint density at radius 1 is 1.24 bits per heavy atom. The average molecular weight is 285 g/mol. The molecule has 0 aliphatic carbocycles. The van der Waals surface area contributed by atoms with Gasteiger partial charge in [-0.15, -0.1) is 0 Å². The molecule has 0 atom stereocenters. The number of anilines is 1. The van der Waals surface area contributed by atoms with Gasteiger partial charge in [-0.2, -0.15) is 0 Å². The maximum atomic E-state index is 11.9.